The van der Waals surface area contributed by atoms with Crippen LogP contribution in [0.1, 0.15) is 45.6 Å². The molecule has 1 amide bonds. The van der Waals surface area contributed by atoms with Crippen LogP contribution in [-0.2, 0) is 16.1 Å². The van der Waals surface area contributed by atoms with Crippen molar-refractivity contribution in [2.45, 2.75) is 58.8 Å². The summed E-state index contributed by atoms with van der Waals surface area (Å²) in [6.07, 6.45) is 2.64. The zero-order valence-corrected chi connectivity index (χ0v) is 17.2. The predicted molar refractivity (Wildman–Crippen MR) is 106 cm³/mol. The lowest BCUT2D eigenvalue weighted by Crippen LogP contribution is -2.52. The van der Waals surface area contributed by atoms with Crippen LogP contribution in [0.2, 0.25) is 0 Å². The number of nitrogens with zero attached hydrogens (tertiary/aromatic N) is 2. The molecule has 3 rings (SSSR count). The molecule has 0 aromatic heterocycles. The normalized spacial score (nSPS) is 25.3. The van der Waals surface area contributed by atoms with E-state index in [-0.39, 0.29) is 18.2 Å². The summed E-state index contributed by atoms with van der Waals surface area (Å²) in [5, 5.41) is 0. The molecule has 5 nitrogen and oxygen atoms in total. The molecule has 0 radical (unpaired) electrons. The van der Waals surface area contributed by atoms with Crippen molar-refractivity contribution in [2.75, 3.05) is 26.8 Å². The van der Waals surface area contributed by atoms with Gasteiger partial charge in [0.05, 0.1) is 19.8 Å². The Labute approximate surface area is 163 Å². The Morgan fingerprint density at radius 1 is 1.30 bits per heavy atom. The van der Waals surface area contributed by atoms with Gasteiger partial charge in [-0.2, -0.15) is 0 Å². The summed E-state index contributed by atoms with van der Waals surface area (Å²) in [5.41, 5.74) is 1.29. The smallest absolute Gasteiger partial charge is 0.224 e. The Kier molecular flexibility index (Phi) is 6.77. The van der Waals surface area contributed by atoms with Crippen molar-refractivity contribution in [1.82, 2.24) is 9.80 Å². The fourth-order valence-corrected chi connectivity index (χ4v) is 4.38. The lowest BCUT2D eigenvalue weighted by Gasteiger charge is -2.40. The Hall–Kier alpha value is -1.59. The average Bonchev–Trinajstić information content (AvgIpc) is 3.11. The molecule has 1 aromatic carbocycles. The SMILES string of the molecule is CCCN(Cc1ccc(OC)cc1)C[C@H]1CCC(=O)N2C1OC[C@@H]2C(C)C. The van der Waals surface area contributed by atoms with Gasteiger partial charge in [0.1, 0.15) is 12.0 Å². The van der Waals surface area contributed by atoms with Gasteiger partial charge in [0.25, 0.3) is 0 Å². The predicted octanol–water partition coefficient (Wildman–Crippen LogP) is 3.53. The highest BCUT2D eigenvalue weighted by Gasteiger charge is 2.46. The van der Waals surface area contributed by atoms with Gasteiger partial charge < -0.3 is 14.4 Å². The van der Waals surface area contributed by atoms with Crippen LogP contribution in [-0.4, -0.2) is 54.8 Å². The minimum Gasteiger partial charge on any atom is -0.497 e. The maximum Gasteiger partial charge on any atom is 0.224 e. The average molecular weight is 375 g/mol. The lowest BCUT2D eigenvalue weighted by atomic mass is 9.92. The second-order valence-corrected chi connectivity index (χ2v) is 8.22. The molecule has 2 aliphatic heterocycles. The molecule has 3 atom stereocenters. The van der Waals surface area contributed by atoms with Crippen LogP contribution in [0.5, 0.6) is 5.75 Å². The quantitative estimate of drug-likeness (QED) is 0.698. The first kappa shape index (κ1) is 20.2. The highest BCUT2D eigenvalue weighted by Crippen LogP contribution is 2.35. The molecular formula is C22H34N2O3. The van der Waals surface area contributed by atoms with Crippen molar-refractivity contribution in [3.8, 4) is 5.75 Å². The molecule has 2 heterocycles. The van der Waals surface area contributed by atoms with Crippen LogP contribution in [0.4, 0.5) is 0 Å². The molecule has 0 bridgehead atoms. The highest BCUT2D eigenvalue weighted by atomic mass is 16.5. The number of hydrogen-bond donors (Lipinski definition) is 0. The van der Waals surface area contributed by atoms with Gasteiger partial charge in [-0.25, -0.2) is 0 Å². The third-order valence-corrected chi connectivity index (χ3v) is 5.86. The number of carbonyl (C=O) groups is 1. The molecule has 1 aromatic rings. The van der Waals surface area contributed by atoms with Gasteiger partial charge in [0, 0.05) is 25.4 Å². The third-order valence-electron chi connectivity index (χ3n) is 5.86. The Balaban J connectivity index is 1.67. The molecule has 2 aliphatic rings. The summed E-state index contributed by atoms with van der Waals surface area (Å²) in [6, 6.07) is 8.55. The molecule has 27 heavy (non-hydrogen) atoms. The second-order valence-electron chi connectivity index (χ2n) is 8.22. The van der Waals surface area contributed by atoms with Gasteiger partial charge >= 0.3 is 0 Å². The molecule has 0 aliphatic carbocycles. The molecule has 150 valence electrons. The summed E-state index contributed by atoms with van der Waals surface area (Å²) in [6.45, 7) is 10.2. The molecule has 2 fully saturated rings. The maximum absolute atomic E-state index is 12.5. The summed E-state index contributed by atoms with van der Waals surface area (Å²) >= 11 is 0. The minimum atomic E-state index is -0.0473. The van der Waals surface area contributed by atoms with E-state index in [9.17, 15) is 4.79 Å². The second kappa shape index (κ2) is 9.07. The number of piperidine rings is 1. The van der Waals surface area contributed by atoms with Crippen molar-refractivity contribution in [3.63, 3.8) is 0 Å². The van der Waals surface area contributed by atoms with Crippen LogP contribution in [0, 0.1) is 11.8 Å². The number of methoxy groups -OCH3 is 1. The van der Waals surface area contributed by atoms with E-state index in [1.54, 1.807) is 7.11 Å². The topological polar surface area (TPSA) is 42.0 Å². The van der Waals surface area contributed by atoms with E-state index in [0.29, 0.717) is 24.9 Å². The lowest BCUT2D eigenvalue weighted by molar-refractivity contribution is -0.148. The summed E-state index contributed by atoms with van der Waals surface area (Å²) in [4.78, 5) is 17.1. The monoisotopic (exact) mass is 374 g/mol. The van der Waals surface area contributed by atoms with E-state index in [4.69, 9.17) is 9.47 Å². The summed E-state index contributed by atoms with van der Waals surface area (Å²) in [5.74, 6) is 1.98. The molecule has 0 saturated carbocycles. The van der Waals surface area contributed by atoms with E-state index >= 15 is 0 Å². The van der Waals surface area contributed by atoms with Crippen LogP contribution < -0.4 is 4.74 Å². The van der Waals surface area contributed by atoms with Crippen LogP contribution >= 0.6 is 0 Å². The molecule has 0 spiro atoms. The van der Waals surface area contributed by atoms with Crippen LogP contribution in [0.25, 0.3) is 0 Å². The Bertz CT molecular complexity index is 616. The first-order chi connectivity index (χ1) is 13.0. The fourth-order valence-electron chi connectivity index (χ4n) is 4.38. The van der Waals surface area contributed by atoms with Gasteiger partial charge in [-0.15, -0.1) is 0 Å². The number of hydrogen-bond acceptors (Lipinski definition) is 4. The molecule has 2 saturated heterocycles. The number of ether oxygens (including phenoxy) is 2. The molecule has 5 heteroatoms. The van der Waals surface area contributed by atoms with Gasteiger partial charge in [-0.3, -0.25) is 9.69 Å². The van der Waals surface area contributed by atoms with Gasteiger partial charge in [0.2, 0.25) is 5.91 Å². The van der Waals surface area contributed by atoms with Gasteiger partial charge in [-0.1, -0.05) is 32.9 Å². The number of amides is 1. The fraction of sp³-hybridized carbons (Fsp3) is 0.682. The van der Waals surface area contributed by atoms with E-state index in [1.807, 2.05) is 12.1 Å². The van der Waals surface area contributed by atoms with Gasteiger partial charge in [-0.05, 0) is 43.0 Å². The zero-order chi connectivity index (χ0) is 19.4. The van der Waals surface area contributed by atoms with Gasteiger partial charge in [0.15, 0.2) is 0 Å². The Morgan fingerprint density at radius 3 is 2.67 bits per heavy atom. The molecule has 1 unspecified atom stereocenters. The Morgan fingerprint density at radius 2 is 2.04 bits per heavy atom. The van der Waals surface area contributed by atoms with Crippen LogP contribution in [0.15, 0.2) is 24.3 Å². The van der Waals surface area contributed by atoms with Crippen molar-refractivity contribution in [3.05, 3.63) is 29.8 Å². The standard InChI is InChI=1S/C22H34N2O3/c1-5-12-23(13-17-6-9-19(26-4)10-7-17)14-18-8-11-21(25)24-20(16(2)3)15-27-22(18)24/h6-7,9-10,16,18,20,22H,5,8,11-15H2,1-4H3/t18-,20-,22?/m1/s1. The number of carbonyl (C=O) groups excluding carboxylic acids is 1. The van der Waals surface area contributed by atoms with Crippen molar-refractivity contribution in [2.24, 2.45) is 11.8 Å². The van der Waals surface area contributed by atoms with Crippen molar-refractivity contribution in [1.29, 1.82) is 0 Å². The molecule has 0 N–H and O–H groups in total. The first-order valence-electron chi connectivity index (χ1n) is 10.3. The van der Waals surface area contributed by atoms with E-state index in [2.05, 4.69) is 42.7 Å². The third kappa shape index (κ3) is 4.64. The number of benzene rings is 1. The summed E-state index contributed by atoms with van der Waals surface area (Å²) in [7, 11) is 1.69. The van der Waals surface area contributed by atoms with E-state index < -0.39 is 0 Å². The number of rotatable bonds is 8. The van der Waals surface area contributed by atoms with Crippen molar-refractivity contribution >= 4 is 5.91 Å². The zero-order valence-electron chi connectivity index (χ0n) is 17.2. The largest absolute Gasteiger partial charge is 0.497 e. The highest BCUT2D eigenvalue weighted by molar-refractivity contribution is 5.78. The van der Waals surface area contributed by atoms with Crippen molar-refractivity contribution < 1.29 is 14.3 Å². The van der Waals surface area contributed by atoms with Crippen LogP contribution in [0.3, 0.4) is 0 Å². The minimum absolute atomic E-state index is 0.0473. The first-order valence-corrected chi connectivity index (χ1v) is 10.3. The van der Waals surface area contributed by atoms with E-state index in [1.165, 1.54) is 5.56 Å². The van der Waals surface area contributed by atoms with E-state index in [0.717, 1.165) is 38.2 Å². The summed E-state index contributed by atoms with van der Waals surface area (Å²) < 4.78 is 11.4. The molecular weight excluding hydrogens is 340 g/mol. The maximum atomic E-state index is 12.5. The number of fused-ring (bicyclic) bond motifs is 1.